The summed E-state index contributed by atoms with van der Waals surface area (Å²) in [5, 5.41) is 8.23. The average Bonchev–Trinajstić information content (AvgIpc) is 2.52. The second kappa shape index (κ2) is 7.69. The van der Waals surface area contributed by atoms with Gasteiger partial charge in [-0.25, -0.2) is 0 Å². The van der Waals surface area contributed by atoms with Gasteiger partial charge in [0.25, 0.3) is 0 Å². The van der Waals surface area contributed by atoms with Crippen LogP contribution in [0, 0.1) is 0 Å². The molecule has 0 saturated carbocycles. The van der Waals surface area contributed by atoms with Gasteiger partial charge in [0.2, 0.25) is 0 Å². The van der Waals surface area contributed by atoms with E-state index in [0.717, 1.165) is 11.1 Å². The van der Waals surface area contributed by atoms with Gasteiger partial charge in [0, 0.05) is 0 Å². The van der Waals surface area contributed by atoms with Crippen LogP contribution in [-0.2, 0) is 0 Å². The van der Waals surface area contributed by atoms with Gasteiger partial charge in [-0.05, 0) is 34.1 Å². The van der Waals surface area contributed by atoms with Crippen molar-refractivity contribution in [2.24, 2.45) is 10.2 Å². The predicted octanol–water partition coefficient (Wildman–Crippen LogP) is 5.39. The Morgan fingerprint density at radius 2 is 0.909 bits per heavy atom. The summed E-state index contributed by atoms with van der Waals surface area (Å²) in [6, 6.07) is 16.9. The summed E-state index contributed by atoms with van der Waals surface area (Å²) in [7, 11) is 0. The van der Waals surface area contributed by atoms with Gasteiger partial charge in [0.1, 0.15) is 0 Å². The zero-order chi connectivity index (χ0) is 15.9. The molecule has 0 bridgehead atoms. The first-order chi connectivity index (χ1) is 10.6. The topological polar surface area (TPSA) is 24.7 Å². The number of rotatable bonds is 5. The van der Waals surface area contributed by atoms with Gasteiger partial charge in [-0.3, -0.25) is 0 Å². The SMILES string of the molecule is CC(C)c1ccc(C=N/N=C/c2ccc(C(C)C)cc2)cc1. The average molecular weight is 292 g/mol. The van der Waals surface area contributed by atoms with Crippen LogP contribution in [0.15, 0.2) is 58.7 Å². The standard InChI is InChI=1S/C20H24N2/c1-15(2)19-9-5-17(6-10-19)13-21-22-14-18-7-11-20(12-8-18)16(3)4/h5-16H,1-4H3/b21-13+,22-14?. The molecule has 0 unspecified atom stereocenters. The summed E-state index contributed by atoms with van der Waals surface area (Å²) < 4.78 is 0. The van der Waals surface area contributed by atoms with Crippen LogP contribution in [0.3, 0.4) is 0 Å². The second-order valence-corrected chi connectivity index (χ2v) is 6.13. The third kappa shape index (κ3) is 4.66. The molecule has 0 spiro atoms. The molecule has 0 aliphatic carbocycles. The summed E-state index contributed by atoms with van der Waals surface area (Å²) in [6.45, 7) is 8.77. The molecular formula is C20H24N2. The Labute approximate surface area is 133 Å². The largest absolute Gasteiger partial charge is 0.159 e. The van der Waals surface area contributed by atoms with Crippen molar-refractivity contribution in [3.8, 4) is 0 Å². The third-order valence-electron chi connectivity index (χ3n) is 3.69. The molecular weight excluding hydrogens is 268 g/mol. The van der Waals surface area contributed by atoms with E-state index in [-0.39, 0.29) is 0 Å². The Bertz CT molecular complexity index is 573. The van der Waals surface area contributed by atoms with Crippen LogP contribution in [0.2, 0.25) is 0 Å². The van der Waals surface area contributed by atoms with Crippen molar-refractivity contribution < 1.29 is 0 Å². The van der Waals surface area contributed by atoms with E-state index in [1.165, 1.54) is 11.1 Å². The lowest BCUT2D eigenvalue weighted by atomic mass is 10.0. The van der Waals surface area contributed by atoms with Crippen LogP contribution in [0.25, 0.3) is 0 Å². The van der Waals surface area contributed by atoms with Gasteiger partial charge in [0.05, 0.1) is 12.4 Å². The molecule has 0 aliphatic rings. The Morgan fingerprint density at radius 3 is 1.18 bits per heavy atom. The van der Waals surface area contributed by atoms with Crippen LogP contribution in [0.1, 0.15) is 61.8 Å². The zero-order valence-corrected chi connectivity index (χ0v) is 13.8. The molecule has 2 aromatic carbocycles. The maximum atomic E-state index is 4.11. The highest BCUT2D eigenvalue weighted by Crippen LogP contribution is 2.14. The van der Waals surface area contributed by atoms with E-state index in [4.69, 9.17) is 0 Å². The molecule has 2 heteroatoms. The van der Waals surface area contributed by atoms with Crippen molar-refractivity contribution >= 4 is 12.4 Å². The van der Waals surface area contributed by atoms with Crippen molar-refractivity contribution in [2.45, 2.75) is 39.5 Å². The monoisotopic (exact) mass is 292 g/mol. The molecule has 22 heavy (non-hydrogen) atoms. The van der Waals surface area contributed by atoms with E-state index in [2.05, 4.69) is 86.4 Å². The van der Waals surface area contributed by atoms with E-state index < -0.39 is 0 Å². The van der Waals surface area contributed by atoms with Crippen LogP contribution in [0.4, 0.5) is 0 Å². The lowest BCUT2D eigenvalue weighted by Crippen LogP contribution is -1.88. The van der Waals surface area contributed by atoms with Gasteiger partial charge in [0.15, 0.2) is 0 Å². The van der Waals surface area contributed by atoms with Crippen LogP contribution >= 0.6 is 0 Å². The fourth-order valence-electron chi connectivity index (χ4n) is 2.13. The van der Waals surface area contributed by atoms with Crippen molar-refractivity contribution in [1.82, 2.24) is 0 Å². The molecule has 0 atom stereocenters. The molecule has 0 fully saturated rings. The maximum absolute atomic E-state index is 4.11. The number of nitrogens with zero attached hydrogens (tertiary/aromatic N) is 2. The molecule has 0 N–H and O–H groups in total. The van der Waals surface area contributed by atoms with E-state index in [1.54, 1.807) is 12.4 Å². The molecule has 0 heterocycles. The van der Waals surface area contributed by atoms with E-state index in [0.29, 0.717) is 11.8 Å². The minimum absolute atomic E-state index is 0.554. The Kier molecular flexibility index (Phi) is 5.65. The normalized spacial score (nSPS) is 12.1. The van der Waals surface area contributed by atoms with Crippen molar-refractivity contribution in [3.05, 3.63) is 70.8 Å². The molecule has 0 aliphatic heterocycles. The van der Waals surface area contributed by atoms with E-state index >= 15 is 0 Å². The molecule has 0 saturated heterocycles. The predicted molar refractivity (Wildman–Crippen MR) is 96.3 cm³/mol. The highest BCUT2D eigenvalue weighted by atomic mass is 15.2. The highest BCUT2D eigenvalue weighted by Gasteiger charge is 1.98. The molecule has 2 aromatic rings. The lowest BCUT2D eigenvalue weighted by molar-refractivity contribution is 0.866. The Hall–Kier alpha value is -2.22. The van der Waals surface area contributed by atoms with Crippen LogP contribution in [-0.4, -0.2) is 12.4 Å². The molecule has 0 aromatic heterocycles. The Balaban J connectivity index is 1.96. The third-order valence-corrected chi connectivity index (χ3v) is 3.69. The molecule has 2 rings (SSSR count). The highest BCUT2D eigenvalue weighted by molar-refractivity contribution is 5.82. The first-order valence-corrected chi connectivity index (χ1v) is 7.82. The molecule has 114 valence electrons. The first kappa shape index (κ1) is 16.2. The first-order valence-electron chi connectivity index (χ1n) is 7.82. The van der Waals surface area contributed by atoms with E-state index in [1.807, 2.05) is 0 Å². The Morgan fingerprint density at radius 1 is 0.591 bits per heavy atom. The molecule has 0 amide bonds. The van der Waals surface area contributed by atoms with Crippen LogP contribution < -0.4 is 0 Å². The van der Waals surface area contributed by atoms with E-state index in [9.17, 15) is 0 Å². The smallest absolute Gasteiger partial charge is 0.0568 e. The number of hydrogen-bond donors (Lipinski definition) is 0. The fourth-order valence-corrected chi connectivity index (χ4v) is 2.13. The summed E-state index contributed by atoms with van der Waals surface area (Å²) in [5.74, 6) is 1.11. The van der Waals surface area contributed by atoms with Gasteiger partial charge in [-0.1, -0.05) is 76.2 Å². The fraction of sp³-hybridized carbons (Fsp3) is 0.300. The summed E-state index contributed by atoms with van der Waals surface area (Å²) >= 11 is 0. The van der Waals surface area contributed by atoms with Crippen LogP contribution in [0.5, 0.6) is 0 Å². The maximum Gasteiger partial charge on any atom is 0.0568 e. The van der Waals surface area contributed by atoms with Gasteiger partial charge in [-0.15, -0.1) is 0 Å². The number of benzene rings is 2. The van der Waals surface area contributed by atoms with Gasteiger partial charge in [-0.2, -0.15) is 10.2 Å². The quantitative estimate of drug-likeness (QED) is 0.521. The summed E-state index contributed by atoms with van der Waals surface area (Å²) in [4.78, 5) is 0. The van der Waals surface area contributed by atoms with Gasteiger partial charge < -0.3 is 0 Å². The van der Waals surface area contributed by atoms with Gasteiger partial charge >= 0.3 is 0 Å². The minimum Gasteiger partial charge on any atom is -0.159 e. The summed E-state index contributed by atoms with van der Waals surface area (Å²) in [6.07, 6.45) is 3.56. The van der Waals surface area contributed by atoms with Crippen molar-refractivity contribution in [3.63, 3.8) is 0 Å². The zero-order valence-electron chi connectivity index (χ0n) is 13.8. The second-order valence-electron chi connectivity index (χ2n) is 6.13. The van der Waals surface area contributed by atoms with Crippen molar-refractivity contribution in [2.75, 3.05) is 0 Å². The molecule has 2 nitrogen and oxygen atoms in total. The molecule has 0 radical (unpaired) electrons. The lowest BCUT2D eigenvalue weighted by Gasteiger charge is -2.04. The van der Waals surface area contributed by atoms with Crippen molar-refractivity contribution in [1.29, 1.82) is 0 Å². The number of hydrogen-bond acceptors (Lipinski definition) is 2. The summed E-state index contributed by atoms with van der Waals surface area (Å²) in [5.41, 5.74) is 4.81. The minimum atomic E-state index is 0.554.